The van der Waals surface area contributed by atoms with E-state index in [2.05, 4.69) is 13.8 Å². The largest absolute Gasteiger partial charge is 0.508 e. The van der Waals surface area contributed by atoms with Crippen molar-refractivity contribution in [2.75, 3.05) is 0 Å². The van der Waals surface area contributed by atoms with Gasteiger partial charge in [0.15, 0.2) is 0 Å². The molecular formula is C23H42O3. The van der Waals surface area contributed by atoms with Crippen LogP contribution in [0, 0.1) is 11.8 Å². The van der Waals surface area contributed by atoms with Gasteiger partial charge < -0.3 is 9.47 Å². The predicted molar refractivity (Wildman–Crippen MR) is 107 cm³/mol. The number of ether oxygens (including phenoxy) is 2. The van der Waals surface area contributed by atoms with Crippen molar-refractivity contribution in [3.63, 3.8) is 0 Å². The van der Waals surface area contributed by atoms with Gasteiger partial charge in [-0.3, -0.25) is 0 Å². The summed E-state index contributed by atoms with van der Waals surface area (Å²) >= 11 is 0. The Morgan fingerprint density at radius 2 is 1.04 bits per heavy atom. The average molecular weight is 367 g/mol. The highest BCUT2D eigenvalue weighted by Gasteiger charge is 2.27. The first kappa shape index (κ1) is 21.6. The predicted octanol–water partition coefficient (Wildman–Crippen LogP) is 7.42. The summed E-state index contributed by atoms with van der Waals surface area (Å²) in [5.74, 6) is 1.70. The van der Waals surface area contributed by atoms with Crippen molar-refractivity contribution in [1.82, 2.24) is 0 Å². The fraction of sp³-hybridized carbons (Fsp3) is 0.957. The smallest absolute Gasteiger partial charge is 0.431 e. The number of carbonyl (C=O) groups excluding carboxylic acids is 1. The fourth-order valence-corrected chi connectivity index (χ4v) is 4.74. The van der Waals surface area contributed by atoms with Crippen molar-refractivity contribution in [3.05, 3.63) is 0 Å². The van der Waals surface area contributed by atoms with Crippen LogP contribution in [0.1, 0.15) is 117 Å². The standard InChI is InChI=1S/C23H42O3/c1-3-5-7-9-19-11-15-21(16-12-19)25-23(24)26-22-17-13-20(14-18-22)10-8-6-4-2/h19-22H,3-18H2,1-2H3. The zero-order valence-electron chi connectivity index (χ0n) is 17.3. The van der Waals surface area contributed by atoms with E-state index in [0.717, 1.165) is 37.5 Å². The van der Waals surface area contributed by atoms with Crippen molar-refractivity contribution in [2.24, 2.45) is 11.8 Å². The van der Waals surface area contributed by atoms with E-state index in [4.69, 9.17) is 9.47 Å². The van der Waals surface area contributed by atoms with Gasteiger partial charge in [-0.15, -0.1) is 0 Å². The van der Waals surface area contributed by atoms with Gasteiger partial charge in [0.05, 0.1) is 0 Å². The SMILES string of the molecule is CCCCCC1CCC(OC(=O)OC2CCC(CCCCC)CC2)CC1. The minimum atomic E-state index is -0.408. The lowest BCUT2D eigenvalue weighted by Crippen LogP contribution is -2.29. The molecule has 0 unspecified atom stereocenters. The maximum absolute atomic E-state index is 12.1. The summed E-state index contributed by atoms with van der Waals surface area (Å²) in [6.07, 6.45) is 19.4. The molecule has 26 heavy (non-hydrogen) atoms. The summed E-state index contributed by atoms with van der Waals surface area (Å²) in [6, 6.07) is 0. The molecule has 2 fully saturated rings. The van der Waals surface area contributed by atoms with Crippen LogP contribution in [0.5, 0.6) is 0 Å². The number of rotatable bonds is 10. The average Bonchev–Trinajstić information content (AvgIpc) is 2.65. The van der Waals surface area contributed by atoms with Gasteiger partial charge in [-0.2, -0.15) is 0 Å². The van der Waals surface area contributed by atoms with E-state index in [9.17, 15) is 4.79 Å². The molecule has 0 spiro atoms. The molecule has 2 rings (SSSR count). The molecule has 0 N–H and O–H groups in total. The first-order valence-corrected chi connectivity index (χ1v) is 11.6. The van der Waals surface area contributed by atoms with Gasteiger partial charge in [-0.05, 0) is 63.2 Å². The van der Waals surface area contributed by atoms with Gasteiger partial charge in [0, 0.05) is 0 Å². The lowest BCUT2D eigenvalue weighted by Gasteiger charge is -2.30. The third-order valence-electron chi connectivity index (χ3n) is 6.55. The van der Waals surface area contributed by atoms with Crippen molar-refractivity contribution >= 4 is 6.16 Å². The summed E-state index contributed by atoms with van der Waals surface area (Å²) in [6.45, 7) is 4.52. The molecule has 152 valence electrons. The highest BCUT2D eigenvalue weighted by molar-refractivity contribution is 5.60. The molecule has 0 heterocycles. The number of hydrogen-bond donors (Lipinski definition) is 0. The fourth-order valence-electron chi connectivity index (χ4n) is 4.74. The van der Waals surface area contributed by atoms with Crippen LogP contribution >= 0.6 is 0 Å². The van der Waals surface area contributed by atoms with E-state index in [1.165, 1.54) is 77.0 Å². The van der Waals surface area contributed by atoms with E-state index >= 15 is 0 Å². The molecule has 3 heteroatoms. The maximum Gasteiger partial charge on any atom is 0.508 e. The first-order valence-electron chi connectivity index (χ1n) is 11.6. The highest BCUT2D eigenvalue weighted by Crippen LogP contribution is 2.32. The Morgan fingerprint density at radius 1 is 0.654 bits per heavy atom. The Morgan fingerprint density at radius 3 is 1.38 bits per heavy atom. The first-order chi connectivity index (χ1) is 12.7. The molecule has 2 aliphatic rings. The molecule has 0 radical (unpaired) electrons. The van der Waals surface area contributed by atoms with E-state index < -0.39 is 6.16 Å². The van der Waals surface area contributed by atoms with Crippen LogP contribution in [-0.4, -0.2) is 18.4 Å². The zero-order valence-corrected chi connectivity index (χ0v) is 17.3. The Bertz CT molecular complexity index is 332. The second kappa shape index (κ2) is 12.6. The van der Waals surface area contributed by atoms with Crippen molar-refractivity contribution < 1.29 is 14.3 Å². The summed E-state index contributed by atoms with van der Waals surface area (Å²) in [7, 11) is 0. The molecule has 2 saturated carbocycles. The van der Waals surface area contributed by atoms with Crippen molar-refractivity contribution in [2.45, 2.75) is 129 Å². The highest BCUT2D eigenvalue weighted by atomic mass is 16.7. The van der Waals surface area contributed by atoms with Crippen LogP contribution < -0.4 is 0 Å². The van der Waals surface area contributed by atoms with Crippen LogP contribution in [0.15, 0.2) is 0 Å². The second-order valence-corrected chi connectivity index (χ2v) is 8.76. The quantitative estimate of drug-likeness (QED) is 0.298. The molecule has 0 aliphatic heterocycles. The van der Waals surface area contributed by atoms with Crippen molar-refractivity contribution in [1.29, 1.82) is 0 Å². The molecule has 3 nitrogen and oxygen atoms in total. The van der Waals surface area contributed by atoms with Crippen LogP contribution in [-0.2, 0) is 9.47 Å². The molecule has 0 aromatic carbocycles. The van der Waals surface area contributed by atoms with Gasteiger partial charge >= 0.3 is 6.16 Å². The van der Waals surface area contributed by atoms with Crippen LogP contribution in [0.4, 0.5) is 4.79 Å². The minimum Gasteiger partial charge on any atom is -0.431 e. The van der Waals surface area contributed by atoms with E-state index in [1.807, 2.05) is 0 Å². The van der Waals surface area contributed by atoms with Gasteiger partial charge in [0.2, 0.25) is 0 Å². The third kappa shape index (κ3) is 8.31. The lowest BCUT2D eigenvalue weighted by atomic mass is 9.84. The Kier molecular flexibility index (Phi) is 10.5. The Labute approximate surface area is 161 Å². The topological polar surface area (TPSA) is 35.5 Å². The van der Waals surface area contributed by atoms with Crippen LogP contribution in [0.3, 0.4) is 0 Å². The Hall–Kier alpha value is -0.730. The summed E-state index contributed by atoms with van der Waals surface area (Å²) < 4.78 is 11.2. The number of hydrogen-bond acceptors (Lipinski definition) is 3. The minimum absolute atomic E-state index is 0.0929. The van der Waals surface area contributed by atoms with Crippen LogP contribution in [0.25, 0.3) is 0 Å². The number of unbranched alkanes of at least 4 members (excludes halogenated alkanes) is 4. The number of carbonyl (C=O) groups is 1. The summed E-state index contributed by atoms with van der Waals surface area (Å²) in [5, 5.41) is 0. The molecular weight excluding hydrogens is 324 g/mol. The molecule has 0 amide bonds. The third-order valence-corrected chi connectivity index (χ3v) is 6.55. The van der Waals surface area contributed by atoms with Gasteiger partial charge in [-0.1, -0.05) is 65.2 Å². The molecule has 2 aliphatic carbocycles. The van der Waals surface area contributed by atoms with Gasteiger partial charge in [0.25, 0.3) is 0 Å². The van der Waals surface area contributed by atoms with Gasteiger partial charge in [0.1, 0.15) is 12.2 Å². The molecule has 0 saturated heterocycles. The normalized spacial score (nSPS) is 29.3. The maximum atomic E-state index is 12.1. The lowest BCUT2D eigenvalue weighted by molar-refractivity contribution is -0.0264. The zero-order chi connectivity index (χ0) is 18.6. The van der Waals surface area contributed by atoms with Crippen molar-refractivity contribution in [3.8, 4) is 0 Å². The Balaban J connectivity index is 1.54. The molecule has 0 aromatic rings. The van der Waals surface area contributed by atoms with Gasteiger partial charge in [-0.25, -0.2) is 4.79 Å². The monoisotopic (exact) mass is 366 g/mol. The second-order valence-electron chi connectivity index (χ2n) is 8.76. The molecule has 0 atom stereocenters. The van der Waals surface area contributed by atoms with E-state index in [0.29, 0.717) is 0 Å². The van der Waals surface area contributed by atoms with E-state index in [1.54, 1.807) is 0 Å². The molecule has 0 aromatic heterocycles. The van der Waals surface area contributed by atoms with E-state index in [-0.39, 0.29) is 12.2 Å². The van der Waals surface area contributed by atoms with Crippen LogP contribution in [0.2, 0.25) is 0 Å². The summed E-state index contributed by atoms with van der Waals surface area (Å²) in [5.41, 5.74) is 0. The summed E-state index contributed by atoms with van der Waals surface area (Å²) in [4.78, 5) is 12.1. The molecule has 0 bridgehead atoms.